The van der Waals surface area contributed by atoms with E-state index in [2.05, 4.69) is 5.32 Å². The second-order valence-corrected chi connectivity index (χ2v) is 5.99. The zero-order valence-electron chi connectivity index (χ0n) is 13.4. The van der Waals surface area contributed by atoms with E-state index in [9.17, 15) is 14.3 Å². The van der Waals surface area contributed by atoms with E-state index in [1.54, 1.807) is 17.0 Å². The second kappa shape index (κ2) is 7.45. The highest BCUT2D eigenvalue weighted by Gasteiger charge is 2.33. The van der Waals surface area contributed by atoms with E-state index < -0.39 is 0 Å². The van der Waals surface area contributed by atoms with E-state index in [-0.39, 0.29) is 30.5 Å². The van der Waals surface area contributed by atoms with Crippen LogP contribution in [0.5, 0.6) is 0 Å². The summed E-state index contributed by atoms with van der Waals surface area (Å²) in [5.41, 5.74) is 1.74. The van der Waals surface area contributed by atoms with Gasteiger partial charge in [0.25, 0.3) is 0 Å². The smallest absolute Gasteiger partial charge is 0.318 e. The number of hydrogen-bond donors (Lipinski definition) is 2. The number of hydrogen-bond acceptors (Lipinski definition) is 2. The third kappa shape index (κ3) is 3.92. The van der Waals surface area contributed by atoms with E-state index in [0.29, 0.717) is 6.54 Å². The molecule has 0 heterocycles. The monoisotopic (exact) mass is 328 g/mol. The average molecular weight is 328 g/mol. The molecule has 0 bridgehead atoms. The Kier molecular flexibility index (Phi) is 5.11. The first-order chi connectivity index (χ1) is 11.7. The standard InChI is InChI=1S/C19H21FN2O2/c20-16-8-6-15(7-9-16)18(14-4-2-1-3-5-14)21-19(24)22(12-13-23)17-10-11-17/h1-9,17-18,23H,10-13H2,(H,21,24). The lowest BCUT2D eigenvalue weighted by Gasteiger charge is -2.26. The molecule has 126 valence electrons. The molecule has 2 aromatic carbocycles. The molecular formula is C19H21FN2O2. The summed E-state index contributed by atoms with van der Waals surface area (Å²) in [4.78, 5) is 14.3. The normalized spacial score (nSPS) is 14.9. The molecule has 4 nitrogen and oxygen atoms in total. The zero-order chi connectivity index (χ0) is 16.9. The van der Waals surface area contributed by atoms with Gasteiger partial charge in [-0.25, -0.2) is 9.18 Å². The Bertz CT molecular complexity index is 672. The van der Waals surface area contributed by atoms with Crippen LogP contribution in [0.2, 0.25) is 0 Å². The van der Waals surface area contributed by atoms with Gasteiger partial charge >= 0.3 is 6.03 Å². The second-order valence-electron chi connectivity index (χ2n) is 5.99. The van der Waals surface area contributed by atoms with Gasteiger partial charge in [0, 0.05) is 12.6 Å². The predicted molar refractivity (Wildman–Crippen MR) is 90.0 cm³/mol. The van der Waals surface area contributed by atoms with Crippen molar-refractivity contribution < 1.29 is 14.3 Å². The Morgan fingerprint density at radius 1 is 1.12 bits per heavy atom. The maximum Gasteiger partial charge on any atom is 0.318 e. The van der Waals surface area contributed by atoms with Crippen molar-refractivity contribution in [2.24, 2.45) is 0 Å². The van der Waals surface area contributed by atoms with Crippen LogP contribution in [0, 0.1) is 5.82 Å². The van der Waals surface area contributed by atoms with Crippen LogP contribution < -0.4 is 5.32 Å². The largest absolute Gasteiger partial charge is 0.395 e. The number of aliphatic hydroxyl groups excluding tert-OH is 1. The molecule has 2 N–H and O–H groups in total. The van der Waals surface area contributed by atoms with Gasteiger partial charge in [0.05, 0.1) is 12.6 Å². The Morgan fingerprint density at radius 2 is 1.75 bits per heavy atom. The van der Waals surface area contributed by atoms with Crippen molar-refractivity contribution in [3.63, 3.8) is 0 Å². The molecule has 1 aliphatic rings. The fourth-order valence-corrected chi connectivity index (χ4v) is 2.81. The summed E-state index contributed by atoms with van der Waals surface area (Å²) in [5, 5.41) is 12.2. The number of carbonyl (C=O) groups is 1. The van der Waals surface area contributed by atoms with E-state index in [4.69, 9.17) is 0 Å². The molecule has 0 spiro atoms. The van der Waals surface area contributed by atoms with Crippen LogP contribution in [-0.4, -0.2) is 35.2 Å². The number of rotatable bonds is 6. The molecule has 2 aromatic rings. The molecule has 1 unspecified atom stereocenters. The van der Waals surface area contributed by atoms with Crippen molar-refractivity contribution in [2.45, 2.75) is 24.9 Å². The summed E-state index contributed by atoms with van der Waals surface area (Å²) < 4.78 is 13.2. The van der Waals surface area contributed by atoms with Crippen molar-refractivity contribution in [1.29, 1.82) is 0 Å². The first-order valence-electron chi connectivity index (χ1n) is 8.17. The fraction of sp³-hybridized carbons (Fsp3) is 0.316. The molecule has 0 radical (unpaired) electrons. The average Bonchev–Trinajstić information content (AvgIpc) is 3.44. The maximum absolute atomic E-state index is 13.2. The maximum atomic E-state index is 13.2. The number of urea groups is 1. The van der Waals surface area contributed by atoms with Gasteiger partial charge in [0.2, 0.25) is 0 Å². The predicted octanol–water partition coefficient (Wildman–Crippen LogP) is 3.08. The minimum atomic E-state index is -0.362. The lowest BCUT2D eigenvalue weighted by Crippen LogP contribution is -2.44. The van der Waals surface area contributed by atoms with E-state index in [0.717, 1.165) is 24.0 Å². The van der Waals surface area contributed by atoms with Gasteiger partial charge in [-0.15, -0.1) is 0 Å². The first-order valence-corrected chi connectivity index (χ1v) is 8.17. The van der Waals surface area contributed by atoms with Gasteiger partial charge in [-0.05, 0) is 36.1 Å². The zero-order valence-corrected chi connectivity index (χ0v) is 13.4. The fourth-order valence-electron chi connectivity index (χ4n) is 2.81. The Balaban J connectivity index is 1.84. The van der Waals surface area contributed by atoms with Gasteiger partial charge in [0.15, 0.2) is 0 Å². The summed E-state index contributed by atoms with van der Waals surface area (Å²) in [6, 6.07) is 15.4. The van der Waals surface area contributed by atoms with Crippen molar-refractivity contribution in [3.05, 3.63) is 71.5 Å². The highest BCUT2D eigenvalue weighted by Crippen LogP contribution is 2.28. The van der Waals surface area contributed by atoms with Crippen LogP contribution in [0.25, 0.3) is 0 Å². The lowest BCUT2D eigenvalue weighted by atomic mass is 9.99. The molecule has 0 saturated heterocycles. The summed E-state index contributed by atoms with van der Waals surface area (Å²) in [7, 11) is 0. The molecule has 5 heteroatoms. The van der Waals surface area contributed by atoms with E-state index in [1.807, 2.05) is 30.3 Å². The topological polar surface area (TPSA) is 52.6 Å². The van der Waals surface area contributed by atoms with Crippen LogP contribution >= 0.6 is 0 Å². The third-order valence-electron chi connectivity index (χ3n) is 4.19. The molecule has 0 aromatic heterocycles. The van der Waals surface area contributed by atoms with Gasteiger partial charge in [0.1, 0.15) is 5.82 Å². The number of nitrogens with one attached hydrogen (secondary N) is 1. The Morgan fingerprint density at radius 3 is 2.33 bits per heavy atom. The van der Waals surface area contributed by atoms with Gasteiger partial charge < -0.3 is 15.3 Å². The van der Waals surface area contributed by atoms with Crippen molar-refractivity contribution >= 4 is 6.03 Å². The van der Waals surface area contributed by atoms with Crippen LogP contribution in [0.4, 0.5) is 9.18 Å². The highest BCUT2D eigenvalue weighted by atomic mass is 19.1. The SMILES string of the molecule is O=C(NC(c1ccccc1)c1ccc(F)cc1)N(CCO)C1CC1. The van der Waals surface area contributed by atoms with E-state index >= 15 is 0 Å². The quantitative estimate of drug-likeness (QED) is 0.856. The van der Waals surface area contributed by atoms with Gasteiger partial charge in [-0.1, -0.05) is 42.5 Å². The Hall–Kier alpha value is -2.40. The molecule has 1 saturated carbocycles. The summed E-state index contributed by atoms with van der Waals surface area (Å²) in [6.07, 6.45) is 1.94. The molecular weight excluding hydrogens is 307 g/mol. The first kappa shape index (κ1) is 16.5. The molecule has 3 rings (SSSR count). The van der Waals surface area contributed by atoms with Crippen molar-refractivity contribution in [1.82, 2.24) is 10.2 Å². The number of amides is 2. The van der Waals surface area contributed by atoms with Crippen LogP contribution in [-0.2, 0) is 0 Å². The van der Waals surface area contributed by atoms with Crippen LogP contribution in [0.15, 0.2) is 54.6 Å². The molecule has 2 amide bonds. The summed E-state index contributed by atoms with van der Waals surface area (Å²) >= 11 is 0. The minimum absolute atomic E-state index is 0.0591. The van der Waals surface area contributed by atoms with E-state index in [1.165, 1.54) is 12.1 Å². The molecule has 0 aliphatic heterocycles. The number of carbonyl (C=O) groups excluding carboxylic acids is 1. The van der Waals surface area contributed by atoms with Crippen LogP contribution in [0.1, 0.15) is 30.0 Å². The molecule has 1 atom stereocenters. The minimum Gasteiger partial charge on any atom is -0.395 e. The van der Waals surface area contributed by atoms with Crippen molar-refractivity contribution in [2.75, 3.05) is 13.2 Å². The van der Waals surface area contributed by atoms with Crippen LogP contribution in [0.3, 0.4) is 0 Å². The van der Waals surface area contributed by atoms with Gasteiger partial charge in [-0.3, -0.25) is 0 Å². The van der Waals surface area contributed by atoms with Gasteiger partial charge in [-0.2, -0.15) is 0 Å². The Labute approximate surface area is 140 Å². The third-order valence-corrected chi connectivity index (χ3v) is 4.19. The molecule has 1 fully saturated rings. The number of nitrogens with zero attached hydrogens (tertiary/aromatic N) is 1. The lowest BCUT2D eigenvalue weighted by molar-refractivity contribution is 0.172. The highest BCUT2D eigenvalue weighted by molar-refractivity contribution is 5.76. The number of benzene rings is 2. The van der Waals surface area contributed by atoms with Crippen molar-refractivity contribution in [3.8, 4) is 0 Å². The summed E-state index contributed by atoms with van der Waals surface area (Å²) in [5.74, 6) is -0.309. The summed E-state index contributed by atoms with van der Waals surface area (Å²) in [6.45, 7) is 0.262. The molecule has 1 aliphatic carbocycles. The number of halogens is 1. The number of aliphatic hydroxyl groups is 1. The molecule has 24 heavy (non-hydrogen) atoms.